The van der Waals surface area contributed by atoms with E-state index in [1.165, 1.54) is 19.9 Å². The fraction of sp³-hybridized carbons (Fsp3) is 0.263. The van der Waals surface area contributed by atoms with Crippen LogP contribution in [-0.4, -0.2) is 29.2 Å². The van der Waals surface area contributed by atoms with E-state index in [1.54, 1.807) is 42.5 Å². The second kappa shape index (κ2) is 7.25. The Bertz CT molecular complexity index is 750. The van der Waals surface area contributed by atoms with E-state index >= 15 is 0 Å². The molecule has 2 rings (SSSR count). The van der Waals surface area contributed by atoms with Crippen LogP contribution in [0.5, 0.6) is 0 Å². The lowest BCUT2D eigenvalue weighted by Crippen LogP contribution is -2.29. The van der Waals surface area contributed by atoms with E-state index < -0.39 is 11.6 Å². The molecule has 4 nitrogen and oxygen atoms in total. The number of hydrogen-bond acceptors (Lipinski definition) is 2. The van der Waals surface area contributed by atoms with Crippen molar-refractivity contribution in [3.8, 4) is 11.1 Å². The smallest absolute Gasteiger partial charge is 0.336 e. The zero-order valence-corrected chi connectivity index (χ0v) is 13.7. The molecular formula is C19H20FNO3. The monoisotopic (exact) mass is 329 g/mol. The number of nitrogens with one attached hydrogen (secondary N) is 1. The van der Waals surface area contributed by atoms with Crippen LogP contribution in [0.4, 0.5) is 4.39 Å². The summed E-state index contributed by atoms with van der Waals surface area (Å²) in [6.45, 7) is 3.11. The summed E-state index contributed by atoms with van der Waals surface area (Å²) in [4.78, 5) is 23.8. The normalized spacial score (nSPS) is 11.1. The Kier molecular flexibility index (Phi) is 5.34. The van der Waals surface area contributed by atoms with Crippen molar-refractivity contribution in [2.45, 2.75) is 25.9 Å². The van der Waals surface area contributed by atoms with Crippen molar-refractivity contribution in [1.29, 1.82) is 0 Å². The lowest BCUT2D eigenvalue weighted by molar-refractivity contribution is 0.0697. The van der Waals surface area contributed by atoms with Crippen LogP contribution in [0.3, 0.4) is 0 Å². The van der Waals surface area contributed by atoms with Gasteiger partial charge in [0.1, 0.15) is 5.67 Å². The average molecular weight is 329 g/mol. The first-order valence-electron chi connectivity index (χ1n) is 7.68. The van der Waals surface area contributed by atoms with Crippen LogP contribution in [0.15, 0.2) is 48.5 Å². The van der Waals surface area contributed by atoms with Crippen LogP contribution in [-0.2, 0) is 0 Å². The van der Waals surface area contributed by atoms with E-state index in [9.17, 15) is 19.1 Å². The minimum Gasteiger partial charge on any atom is -0.478 e. The number of alkyl halides is 1. The lowest BCUT2D eigenvalue weighted by atomic mass is 9.95. The maximum Gasteiger partial charge on any atom is 0.336 e. The van der Waals surface area contributed by atoms with Gasteiger partial charge in [0, 0.05) is 12.1 Å². The molecule has 2 aromatic carbocycles. The van der Waals surface area contributed by atoms with Crippen molar-refractivity contribution in [1.82, 2.24) is 5.32 Å². The Hall–Kier alpha value is -2.69. The van der Waals surface area contributed by atoms with E-state index in [2.05, 4.69) is 5.32 Å². The predicted octanol–water partition coefficient (Wildman–Crippen LogP) is 3.92. The molecule has 0 aliphatic carbocycles. The van der Waals surface area contributed by atoms with E-state index in [0.717, 1.165) is 0 Å². The molecule has 126 valence electrons. The van der Waals surface area contributed by atoms with Gasteiger partial charge in [-0.15, -0.1) is 0 Å². The maximum absolute atomic E-state index is 13.5. The third-order valence-electron chi connectivity index (χ3n) is 3.62. The number of benzene rings is 2. The van der Waals surface area contributed by atoms with Gasteiger partial charge in [0.15, 0.2) is 0 Å². The molecule has 0 unspecified atom stereocenters. The third kappa shape index (κ3) is 4.41. The van der Waals surface area contributed by atoms with E-state index in [-0.39, 0.29) is 24.4 Å². The summed E-state index contributed by atoms with van der Waals surface area (Å²) in [6, 6.07) is 13.3. The molecule has 0 radical (unpaired) electrons. The minimum absolute atomic E-state index is 0.127. The van der Waals surface area contributed by atoms with Gasteiger partial charge in [0.25, 0.3) is 5.91 Å². The number of carboxylic acids is 1. The maximum atomic E-state index is 13.5. The highest BCUT2D eigenvalue weighted by molar-refractivity contribution is 6.04. The quantitative estimate of drug-likeness (QED) is 0.844. The first-order chi connectivity index (χ1) is 11.3. The van der Waals surface area contributed by atoms with Crippen LogP contribution >= 0.6 is 0 Å². The molecule has 0 spiro atoms. The molecule has 0 heterocycles. The fourth-order valence-electron chi connectivity index (χ4n) is 2.39. The molecule has 0 saturated carbocycles. The van der Waals surface area contributed by atoms with Crippen molar-refractivity contribution >= 4 is 11.9 Å². The number of amides is 1. The van der Waals surface area contributed by atoms with Crippen LogP contribution in [0.1, 0.15) is 41.0 Å². The van der Waals surface area contributed by atoms with Crippen LogP contribution in [0, 0.1) is 0 Å². The summed E-state index contributed by atoms with van der Waals surface area (Å²) in [6.07, 6.45) is 0.201. The van der Waals surface area contributed by atoms with Gasteiger partial charge in [0.05, 0.1) is 5.56 Å². The van der Waals surface area contributed by atoms with E-state index in [4.69, 9.17) is 0 Å². The fourth-order valence-corrected chi connectivity index (χ4v) is 2.39. The van der Waals surface area contributed by atoms with Crippen molar-refractivity contribution in [2.75, 3.05) is 6.54 Å². The summed E-state index contributed by atoms with van der Waals surface area (Å²) in [5.41, 5.74) is 0.141. The molecule has 0 bridgehead atoms. The topological polar surface area (TPSA) is 66.4 Å². The number of halogens is 1. The standard InChI is InChI=1S/C19H20FNO3/c1-19(2,20)11-12-21-17(22)15-9-5-3-7-13(15)14-8-4-6-10-16(14)18(23)24/h3-10H,11-12H2,1-2H3,(H,21,22)(H,23,24). The highest BCUT2D eigenvalue weighted by Gasteiger charge is 2.19. The zero-order chi connectivity index (χ0) is 17.7. The molecule has 1 amide bonds. The Morgan fingerprint density at radius 2 is 1.50 bits per heavy atom. The molecule has 24 heavy (non-hydrogen) atoms. The number of rotatable bonds is 6. The number of carbonyl (C=O) groups excluding carboxylic acids is 1. The Morgan fingerprint density at radius 3 is 2.04 bits per heavy atom. The molecule has 0 fully saturated rings. The molecule has 0 saturated heterocycles. The molecule has 0 aromatic heterocycles. The summed E-state index contributed by atoms with van der Waals surface area (Å²) in [7, 11) is 0. The second-order valence-corrected chi connectivity index (χ2v) is 6.12. The molecular weight excluding hydrogens is 309 g/mol. The van der Waals surface area contributed by atoms with Crippen molar-refractivity contribution in [3.05, 3.63) is 59.7 Å². The predicted molar refractivity (Wildman–Crippen MR) is 91.0 cm³/mol. The second-order valence-electron chi connectivity index (χ2n) is 6.12. The highest BCUT2D eigenvalue weighted by Crippen LogP contribution is 2.27. The van der Waals surface area contributed by atoms with E-state index in [1.807, 2.05) is 0 Å². The van der Waals surface area contributed by atoms with Gasteiger partial charge in [-0.3, -0.25) is 4.79 Å². The molecule has 5 heteroatoms. The summed E-state index contributed by atoms with van der Waals surface area (Å²) in [5, 5.41) is 12.0. The van der Waals surface area contributed by atoms with E-state index in [0.29, 0.717) is 16.7 Å². The van der Waals surface area contributed by atoms with Crippen molar-refractivity contribution in [3.63, 3.8) is 0 Å². The first-order valence-corrected chi connectivity index (χ1v) is 7.68. The largest absolute Gasteiger partial charge is 0.478 e. The van der Waals surface area contributed by atoms with Gasteiger partial charge in [-0.05, 0) is 43.5 Å². The molecule has 0 aliphatic heterocycles. The van der Waals surface area contributed by atoms with Crippen LogP contribution in [0.25, 0.3) is 11.1 Å². The minimum atomic E-state index is -1.36. The van der Waals surface area contributed by atoms with Crippen molar-refractivity contribution in [2.24, 2.45) is 0 Å². The van der Waals surface area contributed by atoms with Gasteiger partial charge in [-0.2, -0.15) is 0 Å². The summed E-state index contributed by atoms with van der Waals surface area (Å²) >= 11 is 0. The number of carbonyl (C=O) groups is 2. The highest BCUT2D eigenvalue weighted by atomic mass is 19.1. The first kappa shape index (κ1) is 17.7. The van der Waals surface area contributed by atoms with Gasteiger partial charge in [0.2, 0.25) is 0 Å². The Balaban J connectivity index is 2.32. The summed E-state index contributed by atoms with van der Waals surface area (Å²) < 4.78 is 13.5. The SMILES string of the molecule is CC(C)(F)CCNC(=O)c1ccccc1-c1ccccc1C(=O)O. The van der Waals surface area contributed by atoms with Gasteiger partial charge >= 0.3 is 5.97 Å². The van der Waals surface area contributed by atoms with Gasteiger partial charge in [-0.1, -0.05) is 36.4 Å². The Morgan fingerprint density at radius 1 is 1.00 bits per heavy atom. The number of aromatic carboxylic acids is 1. The zero-order valence-electron chi connectivity index (χ0n) is 13.7. The summed E-state index contributed by atoms with van der Waals surface area (Å²) in [5.74, 6) is -1.41. The molecule has 0 aliphatic rings. The Labute approximate surface area is 140 Å². The average Bonchev–Trinajstić information content (AvgIpc) is 2.53. The van der Waals surface area contributed by atoms with Crippen molar-refractivity contribution < 1.29 is 19.1 Å². The van der Waals surface area contributed by atoms with Crippen LogP contribution in [0.2, 0.25) is 0 Å². The van der Waals surface area contributed by atoms with Crippen LogP contribution < -0.4 is 5.32 Å². The van der Waals surface area contributed by atoms with Gasteiger partial charge in [-0.25, -0.2) is 9.18 Å². The lowest BCUT2D eigenvalue weighted by Gasteiger charge is -2.15. The third-order valence-corrected chi connectivity index (χ3v) is 3.62. The number of carboxylic acid groups (broad SMARTS) is 1. The number of hydrogen-bond donors (Lipinski definition) is 2. The molecule has 0 atom stereocenters. The molecule has 2 aromatic rings. The van der Waals surface area contributed by atoms with Gasteiger partial charge < -0.3 is 10.4 Å². The molecule has 2 N–H and O–H groups in total.